The summed E-state index contributed by atoms with van der Waals surface area (Å²) in [5.41, 5.74) is 0.404. The molecule has 3 atom stereocenters. The normalized spacial score (nSPS) is 19.9. The molecule has 6 heterocycles. The van der Waals surface area contributed by atoms with Crippen molar-refractivity contribution in [2.45, 2.75) is 43.9 Å². The first-order valence-corrected chi connectivity index (χ1v) is 17.3. The molecule has 8 rings (SSSR count). The maximum absolute atomic E-state index is 16.3. The largest absolute Gasteiger partial charge is 0.467 e. The number of benzene rings is 2. The van der Waals surface area contributed by atoms with Gasteiger partial charge >= 0.3 is 6.01 Å². The van der Waals surface area contributed by atoms with E-state index in [9.17, 15) is 18.0 Å². The number of halogens is 4. The highest BCUT2D eigenvalue weighted by atomic mass is 19.1. The van der Waals surface area contributed by atoms with Crippen molar-refractivity contribution in [2.75, 3.05) is 45.2 Å². The third kappa shape index (κ3) is 7.09. The zero-order valence-corrected chi connectivity index (χ0v) is 29.1. The molecule has 1 amide bonds. The average molecular weight is 725 g/mol. The van der Waals surface area contributed by atoms with Crippen LogP contribution in [0.25, 0.3) is 39.0 Å². The molecular formula is C39H36F4N8O2. The number of rotatable bonds is 6. The zero-order valence-electron chi connectivity index (χ0n) is 29.1. The number of fused-ring (bicyclic) bond motifs is 3. The highest BCUT2D eigenvalue weighted by Gasteiger charge is 2.35. The van der Waals surface area contributed by atoms with E-state index >= 15 is 4.39 Å². The van der Waals surface area contributed by atoms with Crippen LogP contribution in [-0.2, 0) is 4.79 Å². The molecule has 14 heteroatoms. The molecule has 3 fully saturated rings. The van der Waals surface area contributed by atoms with E-state index in [-0.39, 0.29) is 46.5 Å². The lowest BCUT2D eigenvalue weighted by Crippen LogP contribution is -2.37. The fourth-order valence-electron chi connectivity index (χ4n) is 7.44. The molecule has 0 N–H and O–H groups in total. The summed E-state index contributed by atoms with van der Waals surface area (Å²) in [4.78, 5) is 31.4. The van der Waals surface area contributed by atoms with E-state index in [0.717, 1.165) is 19.0 Å². The van der Waals surface area contributed by atoms with Gasteiger partial charge in [-0.2, -0.15) is 20.2 Å². The molecule has 0 radical (unpaired) electrons. The van der Waals surface area contributed by atoms with E-state index in [2.05, 4.69) is 36.0 Å². The van der Waals surface area contributed by atoms with Crippen molar-refractivity contribution in [3.05, 3.63) is 83.6 Å². The summed E-state index contributed by atoms with van der Waals surface area (Å²) in [5, 5.41) is 8.74. The molecule has 3 aliphatic heterocycles. The molecule has 3 aliphatic rings. The molecule has 3 saturated heterocycles. The molecule has 0 saturated carbocycles. The number of hydrogen-bond acceptors (Lipinski definition) is 9. The van der Waals surface area contributed by atoms with Gasteiger partial charge in [0.15, 0.2) is 11.6 Å². The quantitative estimate of drug-likeness (QED) is 0.116. The Bertz CT molecular complexity index is 2240. The van der Waals surface area contributed by atoms with E-state index in [1.54, 1.807) is 48.3 Å². The number of hydrogen-bond donors (Lipinski definition) is 0. The minimum absolute atomic E-state index is 0.00315. The number of terminal acetylenes is 1. The second-order valence-corrected chi connectivity index (χ2v) is 13.3. The Hall–Kier alpha value is -5.68. The minimum Gasteiger partial charge on any atom is -0.467 e. The monoisotopic (exact) mass is 724 g/mol. The second kappa shape index (κ2) is 15.1. The summed E-state index contributed by atoms with van der Waals surface area (Å²) < 4.78 is 63.6. The number of nitrogens with zero attached hydrogens (tertiary/aromatic N) is 8. The van der Waals surface area contributed by atoms with E-state index in [1.165, 1.54) is 43.3 Å². The minimum atomic E-state index is -0.955. The Balaban J connectivity index is 0.000000418. The summed E-state index contributed by atoms with van der Waals surface area (Å²) in [6.07, 6.45) is 12.9. The summed E-state index contributed by atoms with van der Waals surface area (Å²) in [6.45, 7) is 2.34. The van der Waals surface area contributed by atoms with Crippen molar-refractivity contribution < 1.29 is 27.1 Å². The maximum atomic E-state index is 16.3. The molecule has 2 unspecified atom stereocenters. The number of methoxy groups -OCH3 is 1. The Morgan fingerprint density at radius 2 is 1.94 bits per heavy atom. The van der Waals surface area contributed by atoms with E-state index in [0.29, 0.717) is 47.7 Å². The van der Waals surface area contributed by atoms with Gasteiger partial charge in [0, 0.05) is 68.2 Å². The first kappa shape index (κ1) is 35.7. The molecule has 10 nitrogen and oxygen atoms in total. The first-order valence-electron chi connectivity index (χ1n) is 17.3. The first-order chi connectivity index (χ1) is 25.7. The average Bonchev–Trinajstić information content (AvgIpc) is 3.92. The molecule has 272 valence electrons. The Kier molecular flexibility index (Phi) is 10.2. The van der Waals surface area contributed by atoms with Crippen LogP contribution in [0, 0.1) is 24.0 Å². The summed E-state index contributed by atoms with van der Waals surface area (Å²) in [5.74, 6) is -0.412. The van der Waals surface area contributed by atoms with Gasteiger partial charge in [-0.05, 0) is 55.8 Å². The summed E-state index contributed by atoms with van der Waals surface area (Å²) in [7, 11) is 3.10. The predicted molar refractivity (Wildman–Crippen MR) is 193 cm³/mol. The Morgan fingerprint density at radius 1 is 1.09 bits per heavy atom. The fraction of sp³-hybridized carbons (Fsp3) is 0.333. The lowest BCUT2D eigenvalue weighted by Gasteiger charge is -2.27. The SMILES string of the molecule is C#Cc1c(F)ccc2cccc(-c3ncc4c(N(C)[C@H]5CCN(C(=O)/C(F)=C/c6cccnn6)C5)nc(OC)nc4c3F)c12.FC1CC2CCCN2C1. The van der Waals surface area contributed by atoms with Crippen LogP contribution in [0.2, 0.25) is 0 Å². The van der Waals surface area contributed by atoms with Gasteiger partial charge in [-0.1, -0.05) is 30.2 Å². The number of alkyl halides is 1. The number of anilines is 1. The van der Waals surface area contributed by atoms with Gasteiger partial charge in [0.05, 0.1) is 23.8 Å². The zero-order chi connectivity index (χ0) is 37.2. The van der Waals surface area contributed by atoms with Crippen LogP contribution in [0.1, 0.15) is 36.9 Å². The second-order valence-electron chi connectivity index (χ2n) is 13.3. The van der Waals surface area contributed by atoms with Crippen molar-refractivity contribution in [3.63, 3.8) is 0 Å². The number of carbonyl (C=O) groups is 1. The third-order valence-corrected chi connectivity index (χ3v) is 10.1. The maximum Gasteiger partial charge on any atom is 0.318 e. The van der Waals surface area contributed by atoms with Gasteiger partial charge in [-0.25, -0.2) is 17.6 Å². The van der Waals surface area contributed by atoms with Crippen molar-refractivity contribution in [1.82, 2.24) is 34.9 Å². The molecule has 0 aliphatic carbocycles. The molecular weight excluding hydrogens is 688 g/mol. The smallest absolute Gasteiger partial charge is 0.318 e. The fourth-order valence-corrected chi connectivity index (χ4v) is 7.44. The van der Waals surface area contributed by atoms with Crippen LogP contribution in [-0.4, -0.2) is 99.4 Å². The molecule has 0 bridgehead atoms. The summed E-state index contributed by atoms with van der Waals surface area (Å²) >= 11 is 0. The highest BCUT2D eigenvalue weighted by molar-refractivity contribution is 6.02. The van der Waals surface area contributed by atoms with Crippen molar-refractivity contribution in [2.24, 2.45) is 0 Å². The number of pyridine rings is 1. The topological polar surface area (TPSA) is 100 Å². The van der Waals surface area contributed by atoms with E-state index in [4.69, 9.17) is 11.2 Å². The van der Waals surface area contributed by atoms with Crippen LogP contribution in [0.5, 0.6) is 6.01 Å². The standard InChI is InChI=1S/C32H24F3N7O2.C7H12FN/c1-4-21-24(33)11-10-18-7-5-9-22(26(18)21)28-27(35)29-23(16-36-28)30(39-32(38-29)44-3)41(2)20-12-14-42(17-20)31(43)25(34)15-19-8-6-13-37-40-19;8-6-4-7-2-1-3-9(7)5-6/h1,5-11,13,15-16,20H,12,14,17H2,2-3H3;6-7H,1-5H2/b25-15-;/t20-;/m0./s1. The number of likely N-dealkylation sites (tertiary alicyclic amines) is 1. The van der Waals surface area contributed by atoms with E-state index < -0.39 is 29.5 Å². The van der Waals surface area contributed by atoms with Crippen LogP contribution in [0.3, 0.4) is 0 Å². The number of aromatic nitrogens is 5. The predicted octanol–water partition coefficient (Wildman–Crippen LogP) is 6.14. The van der Waals surface area contributed by atoms with Gasteiger partial charge in [0.25, 0.3) is 5.91 Å². The molecule has 53 heavy (non-hydrogen) atoms. The van der Waals surface area contributed by atoms with Crippen LogP contribution < -0.4 is 9.64 Å². The molecule has 2 aromatic carbocycles. The van der Waals surface area contributed by atoms with E-state index in [1.807, 2.05) is 0 Å². The van der Waals surface area contributed by atoms with Gasteiger partial charge in [-0.15, -0.1) is 6.42 Å². The van der Waals surface area contributed by atoms with Crippen LogP contribution >= 0.6 is 0 Å². The van der Waals surface area contributed by atoms with Crippen molar-refractivity contribution in [1.29, 1.82) is 0 Å². The lowest BCUT2D eigenvalue weighted by molar-refractivity contribution is -0.127. The third-order valence-electron chi connectivity index (χ3n) is 10.1. The number of amides is 1. The van der Waals surface area contributed by atoms with Gasteiger partial charge in [0.1, 0.15) is 29.0 Å². The number of carbonyl (C=O) groups excluding carboxylic acids is 1. The van der Waals surface area contributed by atoms with Crippen molar-refractivity contribution in [3.8, 4) is 29.6 Å². The Labute approximate surface area is 303 Å². The van der Waals surface area contributed by atoms with Gasteiger partial charge in [-0.3, -0.25) is 14.7 Å². The van der Waals surface area contributed by atoms with Gasteiger partial charge < -0.3 is 14.5 Å². The van der Waals surface area contributed by atoms with Crippen LogP contribution in [0.15, 0.2) is 60.7 Å². The molecule has 0 spiro atoms. The van der Waals surface area contributed by atoms with Gasteiger partial charge in [0.2, 0.25) is 0 Å². The van der Waals surface area contributed by atoms with Crippen LogP contribution in [0.4, 0.5) is 23.4 Å². The number of ether oxygens (including phenoxy) is 1. The number of likely N-dealkylation sites (N-methyl/N-ethyl adjacent to an activating group) is 1. The molecule has 5 aromatic rings. The molecule has 3 aromatic heterocycles. The summed E-state index contributed by atoms with van der Waals surface area (Å²) in [6, 6.07) is 11.3. The lowest BCUT2D eigenvalue weighted by atomic mass is 9.96. The van der Waals surface area contributed by atoms with Crippen molar-refractivity contribution >= 4 is 39.5 Å². The highest BCUT2D eigenvalue weighted by Crippen LogP contribution is 2.37. The Morgan fingerprint density at radius 3 is 2.70 bits per heavy atom.